The Kier molecular flexibility index (Phi) is 2.63. The number of ether oxygens (including phenoxy) is 1. The summed E-state index contributed by atoms with van der Waals surface area (Å²) in [4.78, 5) is 11.1. The molecule has 0 atom stereocenters. The number of aromatic carboxylic acids is 1. The smallest absolute Gasteiger partial charge is 0.338 e. The van der Waals surface area contributed by atoms with Gasteiger partial charge in [0.2, 0.25) is 0 Å². The van der Waals surface area contributed by atoms with Gasteiger partial charge in [-0.2, -0.15) is 0 Å². The summed E-state index contributed by atoms with van der Waals surface area (Å²) >= 11 is 3.34. The van der Waals surface area contributed by atoms with Crippen molar-refractivity contribution >= 4 is 32.8 Å². The molecule has 0 amide bonds. The van der Waals surface area contributed by atoms with Gasteiger partial charge in [-0.05, 0) is 28.1 Å². The number of benzene rings is 1. The third kappa shape index (κ3) is 1.48. The molecule has 0 saturated heterocycles. The second-order valence-corrected chi connectivity index (χ2v) is 4.29. The summed E-state index contributed by atoms with van der Waals surface area (Å²) < 4.78 is 7.76. The molecule has 1 N–H and O–H groups in total. The average molecular weight is 284 g/mol. The minimum Gasteiger partial charge on any atom is -0.495 e. The lowest BCUT2D eigenvalue weighted by Gasteiger charge is -2.06. The van der Waals surface area contributed by atoms with Crippen LogP contribution in [0, 0.1) is 0 Å². The predicted octanol–water partition coefficient (Wildman–Crippen LogP) is 2.65. The van der Waals surface area contributed by atoms with Crippen LogP contribution in [-0.2, 0) is 7.05 Å². The number of hydrogen-bond donors (Lipinski definition) is 1. The Balaban J connectivity index is 2.93. The predicted molar refractivity (Wildman–Crippen MR) is 64.1 cm³/mol. The molecule has 0 spiro atoms. The summed E-state index contributed by atoms with van der Waals surface area (Å²) in [5.41, 5.74) is 1.08. The molecule has 5 heteroatoms. The Hall–Kier alpha value is -1.49. The van der Waals surface area contributed by atoms with Gasteiger partial charge in [-0.15, -0.1) is 0 Å². The first-order chi connectivity index (χ1) is 7.56. The number of carbonyl (C=O) groups is 1. The molecule has 2 aromatic rings. The fourth-order valence-corrected chi connectivity index (χ4v) is 2.28. The fourth-order valence-electron chi connectivity index (χ4n) is 1.79. The number of nitrogens with zero attached hydrogens (tertiary/aromatic N) is 1. The summed E-state index contributed by atoms with van der Waals surface area (Å²) in [5, 5.41) is 9.74. The first-order valence-corrected chi connectivity index (χ1v) is 5.40. The molecule has 0 aliphatic carbocycles. The second-order valence-electron chi connectivity index (χ2n) is 3.43. The summed E-state index contributed by atoms with van der Waals surface area (Å²) in [7, 11) is 3.33. The highest BCUT2D eigenvalue weighted by Crippen LogP contribution is 2.36. The van der Waals surface area contributed by atoms with Crippen molar-refractivity contribution in [3.8, 4) is 5.75 Å². The molecule has 0 aliphatic rings. The van der Waals surface area contributed by atoms with E-state index in [0.29, 0.717) is 11.1 Å². The van der Waals surface area contributed by atoms with Gasteiger partial charge in [-0.25, -0.2) is 4.79 Å². The number of aromatic nitrogens is 1. The van der Waals surface area contributed by atoms with E-state index in [-0.39, 0.29) is 5.56 Å². The third-order valence-electron chi connectivity index (χ3n) is 2.49. The number of fused-ring (bicyclic) bond motifs is 1. The van der Waals surface area contributed by atoms with Crippen LogP contribution in [0.25, 0.3) is 10.9 Å². The maximum absolute atomic E-state index is 11.1. The molecule has 0 fully saturated rings. The van der Waals surface area contributed by atoms with Crippen LogP contribution in [0.4, 0.5) is 0 Å². The Morgan fingerprint density at radius 3 is 2.75 bits per heavy atom. The molecule has 0 aliphatic heterocycles. The zero-order valence-corrected chi connectivity index (χ0v) is 10.4. The SMILES string of the molecule is COc1c(Br)ccc2c1c(C(=O)O)cn2C. The Morgan fingerprint density at radius 2 is 2.19 bits per heavy atom. The van der Waals surface area contributed by atoms with Crippen LogP contribution in [0.2, 0.25) is 0 Å². The van der Waals surface area contributed by atoms with E-state index in [1.807, 2.05) is 19.2 Å². The zero-order chi connectivity index (χ0) is 11.9. The zero-order valence-electron chi connectivity index (χ0n) is 8.82. The highest BCUT2D eigenvalue weighted by Gasteiger charge is 2.18. The standard InChI is InChI=1S/C11H10BrNO3/c1-13-5-6(11(14)15)9-8(13)4-3-7(12)10(9)16-2/h3-5H,1-2H3,(H,14,15). The number of aryl methyl sites for hydroxylation is 1. The van der Waals surface area contributed by atoms with Crippen LogP contribution >= 0.6 is 15.9 Å². The molecular formula is C11H10BrNO3. The van der Waals surface area contributed by atoms with Crippen LogP contribution in [0.5, 0.6) is 5.75 Å². The summed E-state index contributed by atoms with van der Waals surface area (Å²) in [6, 6.07) is 3.70. The molecule has 16 heavy (non-hydrogen) atoms. The molecular weight excluding hydrogens is 274 g/mol. The van der Waals surface area contributed by atoms with Crippen molar-refractivity contribution in [1.82, 2.24) is 4.57 Å². The first kappa shape index (κ1) is 11.0. The van der Waals surface area contributed by atoms with E-state index in [0.717, 1.165) is 9.99 Å². The van der Waals surface area contributed by atoms with E-state index in [2.05, 4.69) is 15.9 Å². The highest BCUT2D eigenvalue weighted by atomic mass is 79.9. The molecule has 1 aromatic heterocycles. The van der Waals surface area contributed by atoms with Crippen LogP contribution in [0.15, 0.2) is 22.8 Å². The topological polar surface area (TPSA) is 51.5 Å². The van der Waals surface area contributed by atoms with Gasteiger partial charge in [0.25, 0.3) is 0 Å². The Labute approximate surface area is 101 Å². The number of halogens is 1. The molecule has 4 nitrogen and oxygen atoms in total. The maximum atomic E-state index is 11.1. The molecule has 0 unspecified atom stereocenters. The van der Waals surface area contributed by atoms with Crippen LogP contribution in [-0.4, -0.2) is 22.8 Å². The third-order valence-corrected chi connectivity index (χ3v) is 3.12. The first-order valence-electron chi connectivity index (χ1n) is 4.61. The van der Waals surface area contributed by atoms with E-state index in [1.165, 1.54) is 7.11 Å². The number of methoxy groups -OCH3 is 1. The molecule has 2 rings (SSSR count). The number of rotatable bonds is 2. The van der Waals surface area contributed by atoms with E-state index < -0.39 is 5.97 Å². The van der Waals surface area contributed by atoms with Crippen molar-refractivity contribution in [2.45, 2.75) is 0 Å². The van der Waals surface area contributed by atoms with Crippen molar-refractivity contribution in [2.24, 2.45) is 7.05 Å². The lowest BCUT2D eigenvalue weighted by Crippen LogP contribution is -1.95. The number of carboxylic acid groups (broad SMARTS) is 1. The molecule has 84 valence electrons. The normalized spacial score (nSPS) is 10.7. The van der Waals surface area contributed by atoms with Crippen molar-refractivity contribution in [3.05, 3.63) is 28.4 Å². The van der Waals surface area contributed by atoms with Gasteiger partial charge in [0.1, 0.15) is 5.75 Å². The molecule has 0 bridgehead atoms. The van der Waals surface area contributed by atoms with Crippen LogP contribution < -0.4 is 4.74 Å². The largest absolute Gasteiger partial charge is 0.495 e. The summed E-state index contributed by atoms with van der Waals surface area (Å²) in [5.74, 6) is -0.405. The van der Waals surface area contributed by atoms with E-state index in [9.17, 15) is 4.79 Å². The molecule has 1 heterocycles. The maximum Gasteiger partial charge on any atom is 0.338 e. The van der Waals surface area contributed by atoms with Gasteiger partial charge in [0, 0.05) is 13.2 Å². The van der Waals surface area contributed by atoms with Gasteiger partial charge in [0.15, 0.2) is 0 Å². The van der Waals surface area contributed by atoms with Gasteiger partial charge in [0.05, 0.1) is 28.0 Å². The highest BCUT2D eigenvalue weighted by molar-refractivity contribution is 9.10. The summed E-state index contributed by atoms with van der Waals surface area (Å²) in [6.07, 6.45) is 1.59. The molecule has 0 radical (unpaired) electrons. The minimum atomic E-state index is -0.956. The molecule has 0 saturated carbocycles. The summed E-state index contributed by atoms with van der Waals surface area (Å²) in [6.45, 7) is 0. The van der Waals surface area contributed by atoms with E-state index in [1.54, 1.807) is 10.8 Å². The monoisotopic (exact) mass is 283 g/mol. The van der Waals surface area contributed by atoms with Crippen molar-refractivity contribution in [1.29, 1.82) is 0 Å². The van der Waals surface area contributed by atoms with Gasteiger partial charge in [-0.3, -0.25) is 0 Å². The van der Waals surface area contributed by atoms with Crippen LogP contribution in [0.3, 0.4) is 0 Å². The van der Waals surface area contributed by atoms with Gasteiger partial charge in [-0.1, -0.05) is 0 Å². The lowest BCUT2D eigenvalue weighted by molar-refractivity contribution is 0.0698. The Bertz CT molecular complexity index is 574. The fraction of sp³-hybridized carbons (Fsp3) is 0.182. The van der Waals surface area contributed by atoms with Crippen molar-refractivity contribution in [3.63, 3.8) is 0 Å². The van der Waals surface area contributed by atoms with Crippen LogP contribution in [0.1, 0.15) is 10.4 Å². The number of carboxylic acids is 1. The van der Waals surface area contributed by atoms with E-state index in [4.69, 9.17) is 9.84 Å². The van der Waals surface area contributed by atoms with Crippen molar-refractivity contribution in [2.75, 3.05) is 7.11 Å². The second kappa shape index (κ2) is 3.83. The quantitative estimate of drug-likeness (QED) is 0.922. The number of hydrogen-bond acceptors (Lipinski definition) is 2. The van der Waals surface area contributed by atoms with Crippen molar-refractivity contribution < 1.29 is 14.6 Å². The Morgan fingerprint density at radius 1 is 1.50 bits per heavy atom. The minimum absolute atomic E-state index is 0.246. The van der Waals surface area contributed by atoms with Gasteiger partial charge >= 0.3 is 5.97 Å². The molecule has 1 aromatic carbocycles. The lowest BCUT2D eigenvalue weighted by atomic mass is 10.1. The van der Waals surface area contributed by atoms with E-state index >= 15 is 0 Å². The van der Waals surface area contributed by atoms with Gasteiger partial charge < -0.3 is 14.4 Å². The average Bonchev–Trinajstić information content (AvgIpc) is 2.56.